The van der Waals surface area contributed by atoms with E-state index in [0.717, 1.165) is 32.7 Å². The van der Waals surface area contributed by atoms with Crippen molar-refractivity contribution in [2.45, 2.75) is 6.42 Å². The van der Waals surface area contributed by atoms with Gasteiger partial charge in [-0.05, 0) is 7.05 Å². The van der Waals surface area contributed by atoms with Crippen LogP contribution in [0.15, 0.2) is 24.3 Å². The van der Waals surface area contributed by atoms with Crippen LogP contribution >= 0.6 is 0 Å². The van der Waals surface area contributed by atoms with Gasteiger partial charge >= 0.3 is 0 Å². The molecule has 0 bridgehead atoms. The van der Waals surface area contributed by atoms with E-state index in [1.807, 2.05) is 0 Å². The molecule has 0 amide bonds. The topological polar surface area (TPSA) is 66.7 Å². The highest BCUT2D eigenvalue weighted by molar-refractivity contribution is 5.96. The maximum Gasteiger partial charge on any atom is 0.270 e. The first kappa shape index (κ1) is 14.6. The van der Waals surface area contributed by atoms with E-state index in [-0.39, 0.29) is 11.5 Å². The summed E-state index contributed by atoms with van der Waals surface area (Å²) in [6.07, 6.45) is 0.408. The molecule has 1 fully saturated rings. The van der Waals surface area contributed by atoms with E-state index in [4.69, 9.17) is 0 Å². The Morgan fingerprint density at radius 2 is 2.00 bits per heavy atom. The van der Waals surface area contributed by atoms with Crippen LogP contribution in [0.1, 0.15) is 16.8 Å². The number of nitrogens with zero attached hydrogens (tertiary/aromatic N) is 3. The Morgan fingerprint density at radius 3 is 2.65 bits per heavy atom. The number of hydrogen-bond acceptors (Lipinski definition) is 5. The Balaban J connectivity index is 1.88. The fraction of sp³-hybridized carbons (Fsp3) is 0.500. The molecule has 1 aliphatic rings. The largest absolute Gasteiger partial charge is 0.304 e. The quantitative estimate of drug-likeness (QED) is 0.462. The van der Waals surface area contributed by atoms with Crippen LogP contribution in [0.25, 0.3) is 0 Å². The average Bonchev–Trinajstić information content (AvgIpc) is 2.46. The second kappa shape index (κ2) is 6.58. The molecule has 0 unspecified atom stereocenters. The van der Waals surface area contributed by atoms with Crippen molar-refractivity contribution in [2.75, 3.05) is 39.8 Å². The minimum atomic E-state index is -0.475. The van der Waals surface area contributed by atoms with Gasteiger partial charge in [-0.25, -0.2) is 0 Å². The molecule has 1 aromatic rings. The average molecular weight is 277 g/mol. The molecule has 1 aromatic carbocycles. The highest BCUT2D eigenvalue weighted by Gasteiger charge is 2.16. The minimum absolute atomic E-state index is 0.0320. The zero-order valence-corrected chi connectivity index (χ0v) is 11.6. The van der Waals surface area contributed by atoms with Crippen molar-refractivity contribution < 1.29 is 9.72 Å². The summed E-state index contributed by atoms with van der Waals surface area (Å²) in [5.41, 5.74) is 0.392. The first-order valence-corrected chi connectivity index (χ1v) is 6.75. The van der Waals surface area contributed by atoms with Crippen LogP contribution in [-0.2, 0) is 0 Å². The van der Waals surface area contributed by atoms with E-state index >= 15 is 0 Å². The van der Waals surface area contributed by atoms with Crippen LogP contribution in [0.3, 0.4) is 0 Å². The molecule has 0 radical (unpaired) electrons. The molecule has 108 valence electrons. The number of nitro benzene ring substituents is 1. The number of hydrogen-bond donors (Lipinski definition) is 0. The van der Waals surface area contributed by atoms with Crippen LogP contribution in [0.4, 0.5) is 5.69 Å². The smallest absolute Gasteiger partial charge is 0.270 e. The Hall–Kier alpha value is -1.79. The van der Waals surface area contributed by atoms with E-state index in [1.54, 1.807) is 12.1 Å². The fourth-order valence-electron chi connectivity index (χ4n) is 2.27. The number of rotatable bonds is 5. The van der Waals surface area contributed by atoms with Crippen molar-refractivity contribution in [3.05, 3.63) is 39.9 Å². The molecular weight excluding hydrogens is 258 g/mol. The highest BCUT2D eigenvalue weighted by Crippen LogP contribution is 2.14. The van der Waals surface area contributed by atoms with Gasteiger partial charge in [0.25, 0.3) is 5.69 Å². The van der Waals surface area contributed by atoms with Crippen LogP contribution < -0.4 is 0 Å². The molecule has 0 aliphatic carbocycles. The maximum atomic E-state index is 12.1. The zero-order valence-electron chi connectivity index (χ0n) is 11.6. The van der Waals surface area contributed by atoms with Gasteiger partial charge in [0, 0.05) is 56.8 Å². The monoisotopic (exact) mass is 277 g/mol. The van der Waals surface area contributed by atoms with Crippen molar-refractivity contribution in [1.82, 2.24) is 9.80 Å². The molecular formula is C14H19N3O3. The van der Waals surface area contributed by atoms with Gasteiger partial charge in [0.05, 0.1) is 4.92 Å². The molecule has 0 N–H and O–H groups in total. The molecule has 6 nitrogen and oxygen atoms in total. The lowest BCUT2D eigenvalue weighted by molar-refractivity contribution is -0.384. The summed E-state index contributed by atoms with van der Waals surface area (Å²) in [5, 5.41) is 10.7. The van der Waals surface area contributed by atoms with Crippen LogP contribution in [0.2, 0.25) is 0 Å². The molecule has 20 heavy (non-hydrogen) atoms. The molecule has 0 aromatic heterocycles. The Labute approximate surface area is 118 Å². The molecule has 1 saturated heterocycles. The molecule has 2 rings (SSSR count). The number of Topliss-reactive ketones (excluding diaryl/α,β-unsaturated/α-hetero) is 1. The lowest BCUT2D eigenvalue weighted by atomic mass is 10.1. The fourth-order valence-corrected chi connectivity index (χ4v) is 2.27. The number of nitro groups is 1. The summed E-state index contributed by atoms with van der Waals surface area (Å²) in [6.45, 7) is 4.70. The lowest BCUT2D eigenvalue weighted by Crippen LogP contribution is -2.45. The third-order valence-corrected chi connectivity index (χ3v) is 3.63. The first-order valence-electron chi connectivity index (χ1n) is 6.75. The minimum Gasteiger partial charge on any atom is -0.304 e. The Morgan fingerprint density at radius 1 is 1.30 bits per heavy atom. The zero-order chi connectivity index (χ0) is 14.5. The van der Waals surface area contributed by atoms with Crippen LogP contribution in [-0.4, -0.2) is 60.3 Å². The van der Waals surface area contributed by atoms with E-state index in [9.17, 15) is 14.9 Å². The number of likely N-dealkylation sites (N-methyl/N-ethyl adjacent to an activating group) is 1. The van der Waals surface area contributed by atoms with Crippen LogP contribution in [0.5, 0.6) is 0 Å². The predicted octanol–water partition coefficient (Wildman–Crippen LogP) is 1.41. The summed E-state index contributed by atoms with van der Waals surface area (Å²) in [7, 11) is 2.09. The van der Waals surface area contributed by atoms with Crippen molar-refractivity contribution in [3.63, 3.8) is 0 Å². The highest BCUT2D eigenvalue weighted by atomic mass is 16.6. The van der Waals surface area contributed by atoms with Crippen molar-refractivity contribution >= 4 is 11.5 Å². The van der Waals surface area contributed by atoms with Gasteiger partial charge in [-0.15, -0.1) is 0 Å². The molecule has 0 saturated carbocycles. The second-order valence-electron chi connectivity index (χ2n) is 5.13. The SMILES string of the molecule is CN1CCN(CCC(=O)c2cccc([N+](=O)[O-])c2)CC1. The van der Waals surface area contributed by atoms with Gasteiger partial charge in [0.1, 0.15) is 0 Å². The number of carbonyl (C=O) groups excluding carboxylic acids is 1. The van der Waals surface area contributed by atoms with Gasteiger partial charge in [-0.2, -0.15) is 0 Å². The third kappa shape index (κ3) is 3.85. The number of carbonyl (C=O) groups is 1. The number of non-ortho nitro benzene ring substituents is 1. The van der Waals surface area contributed by atoms with Crippen molar-refractivity contribution in [3.8, 4) is 0 Å². The third-order valence-electron chi connectivity index (χ3n) is 3.63. The predicted molar refractivity (Wildman–Crippen MR) is 76.0 cm³/mol. The van der Waals surface area contributed by atoms with Gasteiger partial charge < -0.3 is 9.80 Å². The molecule has 1 heterocycles. The van der Waals surface area contributed by atoms with E-state index < -0.39 is 4.92 Å². The van der Waals surface area contributed by atoms with Crippen molar-refractivity contribution in [2.24, 2.45) is 0 Å². The summed E-state index contributed by atoms with van der Waals surface area (Å²) >= 11 is 0. The van der Waals surface area contributed by atoms with Crippen LogP contribution in [0, 0.1) is 10.1 Å². The molecule has 0 atom stereocenters. The molecule has 0 spiro atoms. The maximum absolute atomic E-state index is 12.1. The number of piperazine rings is 1. The summed E-state index contributed by atoms with van der Waals surface area (Å²) in [5.74, 6) is -0.0346. The standard InChI is InChI=1S/C14H19N3O3/c1-15-7-9-16(10-8-15)6-5-14(18)12-3-2-4-13(11-12)17(19)20/h2-4,11H,5-10H2,1H3. The Kier molecular flexibility index (Phi) is 4.81. The first-order chi connectivity index (χ1) is 9.56. The second-order valence-corrected chi connectivity index (χ2v) is 5.13. The lowest BCUT2D eigenvalue weighted by Gasteiger charge is -2.32. The summed E-state index contributed by atoms with van der Waals surface area (Å²) in [6, 6.07) is 5.95. The Bertz CT molecular complexity index is 496. The van der Waals surface area contributed by atoms with Gasteiger partial charge in [0.2, 0.25) is 0 Å². The van der Waals surface area contributed by atoms with Crippen molar-refractivity contribution in [1.29, 1.82) is 0 Å². The molecule has 1 aliphatic heterocycles. The summed E-state index contributed by atoms with van der Waals surface area (Å²) < 4.78 is 0. The number of benzene rings is 1. The normalized spacial score (nSPS) is 17.1. The number of ketones is 1. The van der Waals surface area contributed by atoms with E-state index in [0.29, 0.717) is 12.0 Å². The van der Waals surface area contributed by atoms with E-state index in [1.165, 1.54) is 12.1 Å². The van der Waals surface area contributed by atoms with E-state index in [2.05, 4.69) is 16.8 Å². The molecule has 6 heteroatoms. The summed E-state index contributed by atoms with van der Waals surface area (Å²) in [4.78, 5) is 26.8. The van der Waals surface area contributed by atoms with Gasteiger partial charge in [0.15, 0.2) is 5.78 Å². The van der Waals surface area contributed by atoms with Gasteiger partial charge in [-0.1, -0.05) is 12.1 Å². The van der Waals surface area contributed by atoms with Gasteiger partial charge in [-0.3, -0.25) is 14.9 Å².